The molecule has 27 heavy (non-hydrogen) atoms. The van der Waals surface area contributed by atoms with E-state index in [1.807, 2.05) is 27.7 Å². The Labute approximate surface area is 160 Å². The first-order valence-electron chi connectivity index (χ1n) is 8.98. The molecule has 0 aromatic heterocycles. The Morgan fingerprint density at radius 1 is 1.11 bits per heavy atom. The van der Waals surface area contributed by atoms with E-state index in [0.717, 1.165) is 4.90 Å². The lowest BCUT2D eigenvalue weighted by atomic mass is 9.99. The molecule has 0 fully saturated rings. The van der Waals surface area contributed by atoms with Gasteiger partial charge in [-0.3, -0.25) is 24.1 Å². The Balaban J connectivity index is 4.36. The Morgan fingerprint density at radius 3 is 2.26 bits per heavy atom. The van der Waals surface area contributed by atoms with Gasteiger partial charge in [-0.2, -0.15) is 0 Å². The van der Waals surface area contributed by atoms with Crippen molar-refractivity contribution in [2.75, 3.05) is 13.2 Å². The highest BCUT2D eigenvalue weighted by Crippen LogP contribution is 2.19. The van der Waals surface area contributed by atoms with Crippen LogP contribution in [-0.4, -0.2) is 58.5 Å². The second-order valence-electron chi connectivity index (χ2n) is 7.57. The molecule has 154 valence electrons. The molecule has 8 heteroatoms. The number of carboxylic acid groups (broad SMARTS) is 1. The van der Waals surface area contributed by atoms with Crippen LogP contribution in [0.2, 0.25) is 0 Å². The third kappa shape index (κ3) is 11.9. The molecule has 8 nitrogen and oxygen atoms in total. The number of hydrogen-bond acceptors (Lipinski definition) is 5. The number of nitrogens with zero attached hydrogens (tertiary/aromatic N) is 1. The van der Waals surface area contributed by atoms with Crippen molar-refractivity contribution >= 4 is 24.2 Å². The van der Waals surface area contributed by atoms with E-state index in [2.05, 4.69) is 5.32 Å². The third-order valence-electron chi connectivity index (χ3n) is 3.94. The summed E-state index contributed by atoms with van der Waals surface area (Å²) < 4.78 is 5.75. The zero-order valence-corrected chi connectivity index (χ0v) is 16.9. The van der Waals surface area contributed by atoms with E-state index in [4.69, 9.17) is 9.84 Å². The minimum atomic E-state index is -0.864. The Kier molecular flexibility index (Phi) is 10.5. The standard InChI is InChI=1S/C19H32N2O6/c1-6-7-16(24)21(14-22)12-9-15(23)20-18(2,3)11-13-27-19(4,5)10-8-17(25)26/h6-7,14H,8-13H2,1-5H3,(H,20,23)(H,25,26)/b7-6-. The molecule has 0 radical (unpaired) electrons. The zero-order valence-electron chi connectivity index (χ0n) is 16.9. The summed E-state index contributed by atoms with van der Waals surface area (Å²) in [5.41, 5.74) is -1.10. The topological polar surface area (TPSA) is 113 Å². The van der Waals surface area contributed by atoms with Crippen LogP contribution in [0.5, 0.6) is 0 Å². The van der Waals surface area contributed by atoms with Crippen LogP contribution < -0.4 is 5.32 Å². The second-order valence-corrected chi connectivity index (χ2v) is 7.57. The molecule has 0 aliphatic heterocycles. The van der Waals surface area contributed by atoms with E-state index in [-0.39, 0.29) is 25.3 Å². The minimum absolute atomic E-state index is 0.00725. The smallest absolute Gasteiger partial charge is 0.303 e. The van der Waals surface area contributed by atoms with Crippen molar-refractivity contribution in [2.45, 2.75) is 71.4 Å². The minimum Gasteiger partial charge on any atom is -0.481 e. The number of ether oxygens (including phenoxy) is 1. The molecule has 0 saturated carbocycles. The summed E-state index contributed by atoms with van der Waals surface area (Å²) in [6.45, 7) is 9.39. The van der Waals surface area contributed by atoms with Gasteiger partial charge in [0, 0.05) is 31.5 Å². The summed E-state index contributed by atoms with van der Waals surface area (Å²) in [5, 5.41) is 11.6. The normalized spacial score (nSPS) is 12.0. The van der Waals surface area contributed by atoms with Crippen molar-refractivity contribution in [2.24, 2.45) is 0 Å². The van der Waals surface area contributed by atoms with E-state index in [9.17, 15) is 19.2 Å². The molecule has 0 aromatic rings. The van der Waals surface area contributed by atoms with Gasteiger partial charge in [-0.1, -0.05) is 6.08 Å². The maximum atomic E-state index is 12.1. The van der Waals surface area contributed by atoms with Gasteiger partial charge in [-0.15, -0.1) is 0 Å². The van der Waals surface area contributed by atoms with Gasteiger partial charge in [-0.25, -0.2) is 0 Å². The van der Waals surface area contributed by atoms with Gasteiger partial charge in [0.15, 0.2) is 0 Å². The van der Waals surface area contributed by atoms with Gasteiger partial charge in [0.05, 0.1) is 5.60 Å². The number of carbonyl (C=O) groups excluding carboxylic acids is 3. The lowest BCUT2D eigenvalue weighted by Crippen LogP contribution is -2.45. The van der Waals surface area contributed by atoms with Gasteiger partial charge in [0.2, 0.25) is 12.3 Å². The van der Waals surface area contributed by atoms with E-state index in [0.29, 0.717) is 25.9 Å². The van der Waals surface area contributed by atoms with E-state index in [1.54, 1.807) is 6.92 Å². The van der Waals surface area contributed by atoms with Crippen molar-refractivity contribution in [3.63, 3.8) is 0 Å². The van der Waals surface area contributed by atoms with Crippen LogP contribution in [0.3, 0.4) is 0 Å². The van der Waals surface area contributed by atoms with E-state index in [1.165, 1.54) is 12.2 Å². The molecule has 0 aliphatic carbocycles. The average molecular weight is 384 g/mol. The maximum Gasteiger partial charge on any atom is 0.303 e. The number of aliphatic carboxylic acids is 1. The number of amides is 3. The largest absolute Gasteiger partial charge is 0.481 e. The molecular formula is C19H32N2O6. The van der Waals surface area contributed by atoms with Crippen molar-refractivity contribution in [1.82, 2.24) is 10.2 Å². The summed E-state index contributed by atoms with van der Waals surface area (Å²) in [6.07, 6.45) is 4.18. The summed E-state index contributed by atoms with van der Waals surface area (Å²) >= 11 is 0. The molecular weight excluding hydrogens is 352 g/mol. The van der Waals surface area contributed by atoms with Gasteiger partial charge in [0.25, 0.3) is 5.91 Å². The summed E-state index contributed by atoms with van der Waals surface area (Å²) in [5.74, 6) is -1.60. The predicted molar refractivity (Wildman–Crippen MR) is 101 cm³/mol. The highest BCUT2D eigenvalue weighted by Gasteiger charge is 2.24. The number of hydrogen-bond donors (Lipinski definition) is 2. The number of nitrogens with one attached hydrogen (secondary N) is 1. The lowest BCUT2D eigenvalue weighted by Gasteiger charge is -2.30. The van der Waals surface area contributed by atoms with Gasteiger partial charge < -0.3 is 15.2 Å². The zero-order chi connectivity index (χ0) is 21.1. The molecule has 3 amide bonds. The van der Waals surface area contributed by atoms with Crippen LogP contribution in [0.15, 0.2) is 12.2 Å². The maximum absolute atomic E-state index is 12.1. The molecule has 2 N–H and O–H groups in total. The summed E-state index contributed by atoms with van der Waals surface area (Å²) in [4.78, 5) is 46.3. The van der Waals surface area contributed by atoms with Crippen LogP contribution in [0.4, 0.5) is 0 Å². The number of carboxylic acids is 1. The van der Waals surface area contributed by atoms with Crippen LogP contribution in [0, 0.1) is 0 Å². The van der Waals surface area contributed by atoms with Crippen molar-refractivity contribution in [1.29, 1.82) is 0 Å². The van der Waals surface area contributed by atoms with E-state index >= 15 is 0 Å². The number of allylic oxidation sites excluding steroid dienone is 1. The van der Waals surface area contributed by atoms with Crippen LogP contribution in [-0.2, 0) is 23.9 Å². The molecule has 0 saturated heterocycles. The second kappa shape index (κ2) is 11.5. The van der Waals surface area contributed by atoms with E-state index < -0.39 is 23.0 Å². The molecule has 0 unspecified atom stereocenters. The monoisotopic (exact) mass is 384 g/mol. The highest BCUT2D eigenvalue weighted by atomic mass is 16.5. The number of carbonyl (C=O) groups is 4. The lowest BCUT2D eigenvalue weighted by molar-refractivity contribution is -0.139. The SMILES string of the molecule is C/C=C\C(=O)N(C=O)CCC(=O)NC(C)(C)CCOC(C)(C)CCC(=O)O. The fourth-order valence-electron chi connectivity index (χ4n) is 2.24. The van der Waals surface area contributed by atoms with Crippen molar-refractivity contribution in [3.05, 3.63) is 12.2 Å². The molecule has 0 rings (SSSR count). The van der Waals surface area contributed by atoms with Crippen LogP contribution in [0.25, 0.3) is 0 Å². The fraction of sp³-hybridized carbons (Fsp3) is 0.684. The van der Waals surface area contributed by atoms with Gasteiger partial charge in [0.1, 0.15) is 0 Å². The Bertz CT molecular complexity index is 554. The fourth-order valence-corrected chi connectivity index (χ4v) is 2.24. The highest BCUT2D eigenvalue weighted by molar-refractivity contribution is 5.94. The Hall–Kier alpha value is -2.22. The molecule has 0 atom stereocenters. The predicted octanol–water partition coefficient (Wildman–Crippen LogP) is 1.88. The number of imide groups is 1. The first kappa shape index (κ1) is 24.8. The third-order valence-corrected chi connectivity index (χ3v) is 3.94. The van der Waals surface area contributed by atoms with Crippen LogP contribution >= 0.6 is 0 Å². The van der Waals surface area contributed by atoms with Gasteiger partial charge >= 0.3 is 5.97 Å². The number of rotatable bonds is 13. The summed E-state index contributed by atoms with van der Waals surface area (Å²) in [6, 6.07) is 0. The molecule has 0 heterocycles. The molecule has 0 bridgehead atoms. The molecule has 0 aromatic carbocycles. The quantitative estimate of drug-likeness (QED) is 0.370. The Morgan fingerprint density at radius 2 is 1.74 bits per heavy atom. The first-order valence-corrected chi connectivity index (χ1v) is 8.98. The average Bonchev–Trinajstić information content (AvgIpc) is 2.53. The van der Waals surface area contributed by atoms with Gasteiger partial charge in [-0.05, 0) is 53.5 Å². The first-order chi connectivity index (χ1) is 12.4. The summed E-state index contributed by atoms with van der Waals surface area (Å²) in [7, 11) is 0. The van der Waals surface area contributed by atoms with Crippen LogP contribution in [0.1, 0.15) is 60.3 Å². The van der Waals surface area contributed by atoms with Crippen molar-refractivity contribution in [3.8, 4) is 0 Å². The molecule has 0 aliphatic rings. The molecule has 0 spiro atoms. The van der Waals surface area contributed by atoms with Crippen molar-refractivity contribution < 1.29 is 29.0 Å².